The number of Topliss-reactive ketones (excluding diaryl/α,β-unsaturated/α-hetero) is 1. The summed E-state index contributed by atoms with van der Waals surface area (Å²) in [6, 6.07) is 0. The van der Waals surface area contributed by atoms with E-state index in [0.29, 0.717) is 6.42 Å². The van der Waals surface area contributed by atoms with Gasteiger partial charge >= 0.3 is 5.97 Å². The fourth-order valence-electron chi connectivity index (χ4n) is 4.51. The number of aliphatic hydroxyl groups excluding tert-OH is 2. The van der Waals surface area contributed by atoms with E-state index in [9.17, 15) is 19.8 Å². The van der Waals surface area contributed by atoms with Crippen LogP contribution in [0.5, 0.6) is 0 Å². The van der Waals surface area contributed by atoms with Crippen LogP contribution in [-0.2, 0) is 20.7 Å². The fraction of sp³-hybridized carbons (Fsp3) is 0.679. The minimum absolute atomic E-state index is 0.0448. The molecule has 0 bridgehead atoms. The average molecular weight is 506 g/mol. The summed E-state index contributed by atoms with van der Waals surface area (Å²) in [5.74, 6) is -1.48. The number of hydrogen-bond acceptors (Lipinski definition) is 7. The number of esters is 1. The Morgan fingerprint density at radius 3 is 2.60 bits per heavy atom. The van der Waals surface area contributed by atoms with Gasteiger partial charge in [0.25, 0.3) is 0 Å². The zero-order valence-corrected chi connectivity index (χ0v) is 23.2. The van der Waals surface area contributed by atoms with Gasteiger partial charge in [-0.1, -0.05) is 46.3 Å². The number of thiazole rings is 1. The molecule has 1 aliphatic rings. The molecule has 0 aliphatic carbocycles. The van der Waals surface area contributed by atoms with E-state index < -0.39 is 35.6 Å². The lowest BCUT2D eigenvalue weighted by Gasteiger charge is -2.34. The van der Waals surface area contributed by atoms with Crippen molar-refractivity contribution >= 4 is 29.2 Å². The summed E-state index contributed by atoms with van der Waals surface area (Å²) in [4.78, 5) is 30.7. The van der Waals surface area contributed by atoms with Crippen LogP contribution in [0.4, 0.5) is 0 Å². The molecule has 0 amide bonds. The highest BCUT2D eigenvalue weighted by atomic mass is 32.1. The summed E-state index contributed by atoms with van der Waals surface area (Å²) >= 11 is 1.61. The molecule has 2 heterocycles. The Morgan fingerprint density at radius 2 is 1.97 bits per heavy atom. The third-order valence-corrected chi connectivity index (χ3v) is 8.29. The molecule has 6 nitrogen and oxygen atoms in total. The van der Waals surface area contributed by atoms with E-state index >= 15 is 0 Å². The van der Waals surface area contributed by atoms with Gasteiger partial charge in [0.2, 0.25) is 0 Å². The van der Waals surface area contributed by atoms with Crippen LogP contribution in [0.3, 0.4) is 0 Å². The number of carbonyl (C=O) groups excluding carboxylic acids is 2. The maximum Gasteiger partial charge on any atom is 0.309 e. The van der Waals surface area contributed by atoms with Gasteiger partial charge in [-0.05, 0) is 57.1 Å². The second kappa shape index (κ2) is 12.9. The van der Waals surface area contributed by atoms with Crippen molar-refractivity contribution in [3.8, 4) is 0 Å². The maximum atomic E-state index is 13.2. The molecule has 1 aromatic heterocycles. The number of rotatable bonds is 3. The molecule has 0 radical (unpaired) electrons. The molecule has 7 heteroatoms. The number of carbonyl (C=O) groups is 2. The second-order valence-electron chi connectivity index (χ2n) is 10.6. The van der Waals surface area contributed by atoms with Crippen molar-refractivity contribution in [2.75, 3.05) is 0 Å². The molecule has 1 aromatic rings. The van der Waals surface area contributed by atoms with Crippen molar-refractivity contribution in [2.24, 2.45) is 17.3 Å². The predicted molar refractivity (Wildman–Crippen MR) is 141 cm³/mol. The molecule has 2 rings (SSSR count). The number of ether oxygens (including phenoxy) is 1. The number of aliphatic hydroxyl groups is 2. The summed E-state index contributed by atoms with van der Waals surface area (Å²) in [5.41, 5.74) is 1.73. The zero-order chi connectivity index (χ0) is 26.3. The summed E-state index contributed by atoms with van der Waals surface area (Å²) in [5, 5.41) is 24.7. The van der Waals surface area contributed by atoms with E-state index in [2.05, 4.69) is 24.9 Å². The molecule has 1 aliphatic heterocycles. The monoisotopic (exact) mass is 505 g/mol. The van der Waals surface area contributed by atoms with E-state index in [1.165, 1.54) is 5.57 Å². The van der Waals surface area contributed by atoms with Crippen LogP contribution < -0.4 is 0 Å². The van der Waals surface area contributed by atoms with E-state index in [0.717, 1.165) is 42.0 Å². The van der Waals surface area contributed by atoms with Gasteiger partial charge in [-0.3, -0.25) is 9.59 Å². The van der Waals surface area contributed by atoms with Crippen molar-refractivity contribution in [1.29, 1.82) is 0 Å². The Kier molecular flexibility index (Phi) is 10.9. The van der Waals surface area contributed by atoms with Crippen LogP contribution in [0.1, 0.15) is 91.3 Å². The molecular weight excluding hydrogens is 462 g/mol. The summed E-state index contributed by atoms with van der Waals surface area (Å²) in [7, 11) is 0. The highest BCUT2D eigenvalue weighted by molar-refractivity contribution is 7.09. The van der Waals surface area contributed by atoms with Gasteiger partial charge in [-0.2, -0.15) is 0 Å². The van der Waals surface area contributed by atoms with Crippen LogP contribution in [0, 0.1) is 17.3 Å². The van der Waals surface area contributed by atoms with Gasteiger partial charge in [0.05, 0.1) is 34.7 Å². The Hall–Kier alpha value is -1.83. The minimum atomic E-state index is -1.21. The van der Waals surface area contributed by atoms with Gasteiger partial charge < -0.3 is 14.9 Å². The minimum Gasteiger partial charge on any atom is -0.457 e. The quantitative estimate of drug-likeness (QED) is 0.415. The normalized spacial score (nSPS) is 31.5. The van der Waals surface area contributed by atoms with Crippen molar-refractivity contribution in [3.05, 3.63) is 33.3 Å². The van der Waals surface area contributed by atoms with E-state index in [1.54, 1.807) is 32.1 Å². The van der Waals surface area contributed by atoms with E-state index in [1.807, 2.05) is 25.3 Å². The third-order valence-electron chi connectivity index (χ3n) is 7.28. The third kappa shape index (κ3) is 8.09. The Bertz CT molecular complexity index is 932. The molecule has 2 N–H and O–H groups in total. The maximum absolute atomic E-state index is 13.2. The van der Waals surface area contributed by atoms with Gasteiger partial charge in [0, 0.05) is 17.7 Å². The van der Waals surface area contributed by atoms with Crippen molar-refractivity contribution in [2.45, 2.75) is 105 Å². The lowest BCUT2D eigenvalue weighted by atomic mass is 9.73. The number of ketones is 1. The first kappa shape index (κ1) is 29.4. The lowest BCUT2D eigenvalue weighted by molar-refractivity contribution is -0.154. The number of cyclic esters (lactones) is 1. The molecule has 0 saturated carbocycles. The van der Waals surface area contributed by atoms with E-state index in [4.69, 9.17) is 4.74 Å². The van der Waals surface area contributed by atoms with Gasteiger partial charge in [0.1, 0.15) is 11.9 Å². The van der Waals surface area contributed by atoms with Crippen LogP contribution in [0.2, 0.25) is 0 Å². The molecule has 0 saturated heterocycles. The number of aromatic nitrogens is 1. The first-order chi connectivity index (χ1) is 16.4. The van der Waals surface area contributed by atoms with Crippen LogP contribution in [0.15, 0.2) is 22.6 Å². The Balaban J connectivity index is 2.33. The number of aryl methyl sites for hydroxylation is 1. The number of nitrogens with zero attached hydrogens (tertiary/aromatic N) is 1. The highest BCUT2D eigenvalue weighted by Crippen LogP contribution is 2.32. The zero-order valence-electron chi connectivity index (χ0n) is 22.3. The number of allylic oxidation sites excluding steroid dienone is 1. The summed E-state index contributed by atoms with van der Waals surface area (Å²) in [6.45, 7) is 13.0. The first-order valence-corrected chi connectivity index (χ1v) is 13.6. The Morgan fingerprint density at radius 1 is 1.29 bits per heavy atom. The molecule has 0 aromatic carbocycles. The highest BCUT2D eigenvalue weighted by Gasteiger charge is 2.42. The van der Waals surface area contributed by atoms with Crippen molar-refractivity contribution < 1.29 is 24.5 Å². The molecule has 0 fully saturated rings. The smallest absolute Gasteiger partial charge is 0.309 e. The van der Waals surface area contributed by atoms with Gasteiger partial charge in [0.15, 0.2) is 0 Å². The van der Waals surface area contributed by atoms with Crippen molar-refractivity contribution in [3.63, 3.8) is 0 Å². The van der Waals surface area contributed by atoms with Crippen LogP contribution in [0.25, 0.3) is 6.08 Å². The van der Waals surface area contributed by atoms with Crippen molar-refractivity contribution in [1.82, 2.24) is 4.98 Å². The largest absolute Gasteiger partial charge is 0.457 e. The van der Waals surface area contributed by atoms with Crippen LogP contribution >= 0.6 is 11.3 Å². The lowest BCUT2D eigenvalue weighted by Crippen LogP contribution is -2.45. The van der Waals surface area contributed by atoms with Crippen LogP contribution in [-0.4, -0.2) is 45.3 Å². The summed E-state index contributed by atoms with van der Waals surface area (Å²) in [6.07, 6.45) is 5.23. The summed E-state index contributed by atoms with van der Waals surface area (Å²) < 4.78 is 5.83. The first-order valence-electron chi connectivity index (χ1n) is 12.7. The molecule has 5 atom stereocenters. The van der Waals surface area contributed by atoms with Gasteiger partial charge in [-0.15, -0.1) is 11.3 Å². The standard InChI is InChI=1S/C28H43NO5S/c1-8-24-29-21(16-35-24)14-19(4)22-13-12-17(2)10-9-11-18(3)26(32)20(5)27(33)28(6,7)23(30)15-25(31)34-22/h12,14,16,18,20,22-23,26,30,32H,8-11,13,15H2,1-7H3/b17-12-,19-14+/t18?,20-,22?,23+,26+/m1/s1. The van der Waals surface area contributed by atoms with E-state index in [-0.39, 0.29) is 18.1 Å². The number of hydrogen-bond donors (Lipinski definition) is 2. The molecular formula is C28H43NO5S. The average Bonchev–Trinajstić information content (AvgIpc) is 3.26. The second-order valence-corrected chi connectivity index (χ2v) is 11.6. The predicted octanol–water partition coefficient (Wildman–Crippen LogP) is 5.52. The molecule has 2 unspecified atom stereocenters. The molecule has 35 heavy (non-hydrogen) atoms. The molecule has 196 valence electrons. The van der Waals surface area contributed by atoms with Gasteiger partial charge in [-0.25, -0.2) is 4.98 Å². The SMILES string of the molecule is CCc1nc(/C=C(\C)C2C/C=C(/C)CCCC(C)[C@H](O)[C@@H](C)C(=O)C(C)(C)[C@@H](O)CC(=O)O2)cs1. The Labute approximate surface area is 214 Å². The topological polar surface area (TPSA) is 96.7 Å². The fourth-order valence-corrected chi connectivity index (χ4v) is 5.21. The molecule has 0 spiro atoms.